The lowest BCUT2D eigenvalue weighted by atomic mass is 10.1. The van der Waals surface area contributed by atoms with Crippen LogP contribution in [0.25, 0.3) is 0 Å². The Bertz CT molecular complexity index is 563. The largest absolute Gasteiger partial charge is 0.310 e. The third-order valence-corrected chi connectivity index (χ3v) is 4.38. The van der Waals surface area contributed by atoms with Crippen molar-refractivity contribution in [2.24, 2.45) is 7.05 Å². The molecule has 1 N–H and O–H groups in total. The smallest absolute Gasteiger partial charge is 0.0596 e. The first kappa shape index (κ1) is 15.1. The van der Waals surface area contributed by atoms with E-state index in [0.717, 1.165) is 18.0 Å². The van der Waals surface area contributed by atoms with E-state index >= 15 is 0 Å². The average molecular weight is 289 g/mol. The first-order chi connectivity index (χ1) is 9.60. The predicted molar refractivity (Wildman–Crippen MR) is 86.0 cm³/mol. The molecule has 0 spiro atoms. The summed E-state index contributed by atoms with van der Waals surface area (Å²) in [4.78, 5) is 1.31. The maximum atomic E-state index is 4.39. The summed E-state index contributed by atoms with van der Waals surface area (Å²) < 4.78 is 1.97. The second-order valence-corrected chi connectivity index (χ2v) is 6.09. The van der Waals surface area contributed by atoms with Crippen LogP contribution in [0.5, 0.6) is 0 Å². The standard InChI is InChI=1S/C16H23N3S/c1-5-17-13(3)14-7-6-8-16(10-14)20-11-15-9-12(2)18-19(15)4/h6-10,13,17H,5,11H2,1-4H3. The molecule has 1 atom stereocenters. The molecule has 1 aromatic heterocycles. The maximum absolute atomic E-state index is 4.39. The quantitative estimate of drug-likeness (QED) is 0.823. The monoisotopic (exact) mass is 289 g/mol. The molecule has 0 amide bonds. The number of thioether (sulfide) groups is 1. The van der Waals surface area contributed by atoms with Gasteiger partial charge in [0.05, 0.1) is 5.69 Å². The lowest BCUT2D eigenvalue weighted by molar-refractivity contribution is 0.597. The molecule has 108 valence electrons. The molecular formula is C16H23N3S. The SMILES string of the molecule is CCNC(C)c1cccc(SCc2cc(C)nn2C)c1. The predicted octanol–water partition coefficient (Wildman–Crippen LogP) is 3.69. The molecule has 3 nitrogen and oxygen atoms in total. The molecule has 0 saturated carbocycles. The van der Waals surface area contributed by atoms with Crippen LogP contribution in [0.1, 0.15) is 36.8 Å². The first-order valence-electron chi connectivity index (χ1n) is 7.05. The van der Waals surface area contributed by atoms with E-state index < -0.39 is 0 Å². The summed E-state index contributed by atoms with van der Waals surface area (Å²) in [5, 5.41) is 7.84. The minimum atomic E-state index is 0.402. The molecule has 2 aromatic rings. The van der Waals surface area contributed by atoms with Crippen LogP contribution < -0.4 is 5.32 Å². The summed E-state index contributed by atoms with van der Waals surface area (Å²) in [5.74, 6) is 0.955. The summed E-state index contributed by atoms with van der Waals surface area (Å²) in [5.41, 5.74) is 3.69. The minimum Gasteiger partial charge on any atom is -0.310 e. The van der Waals surface area contributed by atoms with E-state index in [4.69, 9.17) is 0 Å². The Balaban J connectivity index is 2.03. The summed E-state index contributed by atoms with van der Waals surface area (Å²) in [6, 6.07) is 11.3. The Morgan fingerprint density at radius 1 is 1.35 bits per heavy atom. The van der Waals surface area contributed by atoms with Crippen molar-refractivity contribution >= 4 is 11.8 Å². The van der Waals surface area contributed by atoms with Crippen molar-refractivity contribution in [3.8, 4) is 0 Å². The second kappa shape index (κ2) is 6.95. The van der Waals surface area contributed by atoms with Crippen molar-refractivity contribution in [1.82, 2.24) is 15.1 Å². The molecule has 0 aliphatic carbocycles. The van der Waals surface area contributed by atoms with Gasteiger partial charge in [0, 0.05) is 29.4 Å². The van der Waals surface area contributed by atoms with E-state index in [1.54, 1.807) is 0 Å². The number of rotatable bonds is 6. The molecule has 2 rings (SSSR count). The summed E-state index contributed by atoms with van der Waals surface area (Å²) in [6.07, 6.45) is 0. The highest BCUT2D eigenvalue weighted by Gasteiger charge is 2.06. The summed E-state index contributed by atoms with van der Waals surface area (Å²) in [6.45, 7) is 7.37. The molecule has 0 fully saturated rings. The normalized spacial score (nSPS) is 12.6. The van der Waals surface area contributed by atoms with Crippen LogP contribution in [0.3, 0.4) is 0 Å². The number of hydrogen-bond acceptors (Lipinski definition) is 3. The molecule has 0 bridgehead atoms. The van der Waals surface area contributed by atoms with Crippen molar-refractivity contribution in [3.63, 3.8) is 0 Å². The zero-order valence-corrected chi connectivity index (χ0v) is 13.5. The van der Waals surface area contributed by atoms with Crippen LogP contribution >= 0.6 is 11.8 Å². The summed E-state index contributed by atoms with van der Waals surface area (Å²) >= 11 is 1.86. The number of nitrogens with one attached hydrogen (secondary N) is 1. The number of aromatic nitrogens is 2. The van der Waals surface area contributed by atoms with Crippen LogP contribution in [-0.2, 0) is 12.8 Å². The van der Waals surface area contributed by atoms with Crippen molar-refractivity contribution in [2.75, 3.05) is 6.54 Å². The Kier molecular flexibility index (Phi) is 5.26. The second-order valence-electron chi connectivity index (χ2n) is 5.04. The fourth-order valence-electron chi connectivity index (χ4n) is 2.25. The van der Waals surface area contributed by atoms with Gasteiger partial charge in [-0.1, -0.05) is 19.1 Å². The van der Waals surface area contributed by atoms with Crippen LogP contribution in [0, 0.1) is 6.92 Å². The van der Waals surface area contributed by atoms with E-state index in [0.29, 0.717) is 6.04 Å². The average Bonchev–Trinajstić information content (AvgIpc) is 2.75. The van der Waals surface area contributed by atoms with Crippen molar-refractivity contribution in [1.29, 1.82) is 0 Å². The number of hydrogen-bond donors (Lipinski definition) is 1. The van der Waals surface area contributed by atoms with E-state index in [1.165, 1.54) is 16.2 Å². The topological polar surface area (TPSA) is 29.9 Å². The molecule has 1 unspecified atom stereocenters. The lowest BCUT2D eigenvalue weighted by Crippen LogP contribution is -2.17. The molecule has 20 heavy (non-hydrogen) atoms. The van der Waals surface area contributed by atoms with Crippen LogP contribution in [0.15, 0.2) is 35.2 Å². The van der Waals surface area contributed by atoms with Gasteiger partial charge < -0.3 is 5.32 Å². The Morgan fingerprint density at radius 2 is 2.15 bits per heavy atom. The number of aryl methyl sites for hydroxylation is 2. The third-order valence-electron chi connectivity index (χ3n) is 3.35. The number of benzene rings is 1. The van der Waals surface area contributed by atoms with E-state index in [2.05, 4.69) is 54.6 Å². The Morgan fingerprint density at radius 3 is 2.80 bits per heavy atom. The van der Waals surface area contributed by atoms with Gasteiger partial charge in [0.25, 0.3) is 0 Å². The van der Waals surface area contributed by atoms with Gasteiger partial charge in [0.2, 0.25) is 0 Å². The molecule has 0 aliphatic heterocycles. The molecule has 1 aromatic carbocycles. The lowest BCUT2D eigenvalue weighted by Gasteiger charge is -2.13. The van der Waals surface area contributed by atoms with Gasteiger partial charge in [-0.2, -0.15) is 5.10 Å². The Labute approximate surface area is 125 Å². The maximum Gasteiger partial charge on any atom is 0.0596 e. The molecule has 0 radical (unpaired) electrons. The third kappa shape index (κ3) is 3.87. The zero-order chi connectivity index (χ0) is 14.5. The highest BCUT2D eigenvalue weighted by atomic mass is 32.2. The molecule has 0 saturated heterocycles. The van der Waals surface area contributed by atoms with Crippen molar-refractivity contribution < 1.29 is 0 Å². The van der Waals surface area contributed by atoms with Gasteiger partial charge in [-0.15, -0.1) is 11.8 Å². The van der Waals surface area contributed by atoms with E-state index in [9.17, 15) is 0 Å². The first-order valence-corrected chi connectivity index (χ1v) is 8.04. The fraction of sp³-hybridized carbons (Fsp3) is 0.438. The van der Waals surface area contributed by atoms with Gasteiger partial charge >= 0.3 is 0 Å². The van der Waals surface area contributed by atoms with Crippen molar-refractivity contribution in [2.45, 2.75) is 37.5 Å². The van der Waals surface area contributed by atoms with Crippen LogP contribution in [0.4, 0.5) is 0 Å². The minimum absolute atomic E-state index is 0.402. The van der Waals surface area contributed by atoms with Crippen LogP contribution in [-0.4, -0.2) is 16.3 Å². The zero-order valence-electron chi connectivity index (χ0n) is 12.7. The van der Waals surface area contributed by atoms with Crippen molar-refractivity contribution in [3.05, 3.63) is 47.3 Å². The van der Waals surface area contributed by atoms with Gasteiger partial charge in [-0.3, -0.25) is 4.68 Å². The molecular weight excluding hydrogens is 266 g/mol. The number of nitrogens with zero attached hydrogens (tertiary/aromatic N) is 2. The molecule has 1 heterocycles. The fourth-order valence-corrected chi connectivity index (χ4v) is 3.23. The van der Waals surface area contributed by atoms with E-state index in [-0.39, 0.29) is 0 Å². The van der Waals surface area contributed by atoms with Gasteiger partial charge in [-0.25, -0.2) is 0 Å². The highest BCUT2D eigenvalue weighted by Crippen LogP contribution is 2.25. The summed E-state index contributed by atoms with van der Waals surface area (Å²) in [7, 11) is 2.01. The van der Waals surface area contributed by atoms with Gasteiger partial charge in [0.1, 0.15) is 0 Å². The van der Waals surface area contributed by atoms with E-state index in [1.807, 2.05) is 30.4 Å². The molecule has 4 heteroatoms. The highest BCUT2D eigenvalue weighted by molar-refractivity contribution is 7.98. The molecule has 0 aliphatic rings. The van der Waals surface area contributed by atoms with Crippen LogP contribution in [0.2, 0.25) is 0 Å². The van der Waals surface area contributed by atoms with Gasteiger partial charge in [-0.05, 0) is 44.2 Å². The Hall–Kier alpha value is -1.26. The van der Waals surface area contributed by atoms with Gasteiger partial charge in [0.15, 0.2) is 0 Å².